The van der Waals surface area contributed by atoms with Crippen LogP contribution in [0.5, 0.6) is 5.75 Å². The summed E-state index contributed by atoms with van der Waals surface area (Å²) in [4.78, 5) is 5.03. The molecule has 0 saturated carbocycles. The molecule has 1 aromatic rings. The third-order valence-corrected chi connectivity index (χ3v) is 1.43. The lowest BCUT2D eigenvalue weighted by Crippen LogP contribution is -2.01. The van der Waals surface area contributed by atoms with Crippen molar-refractivity contribution in [1.29, 1.82) is 0 Å². The van der Waals surface area contributed by atoms with E-state index in [0.29, 0.717) is 6.61 Å². The Morgan fingerprint density at radius 3 is 2.75 bits per heavy atom. The van der Waals surface area contributed by atoms with E-state index in [1.165, 1.54) is 0 Å². The highest BCUT2D eigenvalue weighted by Gasteiger charge is 1.98. The van der Waals surface area contributed by atoms with E-state index in [2.05, 4.69) is 5.48 Å². The fourth-order valence-electron chi connectivity index (χ4n) is 0.879. The van der Waals surface area contributed by atoms with Crippen LogP contribution in [-0.2, 0) is 4.84 Å². The van der Waals surface area contributed by atoms with Gasteiger partial charge in [0, 0.05) is 0 Å². The Balaban J connectivity index is 2.68. The van der Waals surface area contributed by atoms with Crippen molar-refractivity contribution < 1.29 is 9.57 Å². The first-order chi connectivity index (χ1) is 5.88. The predicted molar refractivity (Wildman–Crippen MR) is 48.2 cm³/mol. The molecule has 1 rings (SSSR count). The molecule has 1 N–H and O–H groups in total. The van der Waals surface area contributed by atoms with Crippen LogP contribution in [0.1, 0.15) is 6.92 Å². The fourth-order valence-corrected chi connectivity index (χ4v) is 0.879. The lowest BCUT2D eigenvalue weighted by atomic mass is 10.3. The van der Waals surface area contributed by atoms with Crippen LogP contribution in [0.4, 0.5) is 5.69 Å². The van der Waals surface area contributed by atoms with Crippen LogP contribution in [0.25, 0.3) is 0 Å². The van der Waals surface area contributed by atoms with Crippen LogP contribution in [0.2, 0.25) is 0 Å². The zero-order valence-electron chi connectivity index (χ0n) is 7.33. The van der Waals surface area contributed by atoms with Crippen molar-refractivity contribution in [2.24, 2.45) is 0 Å². The van der Waals surface area contributed by atoms with Gasteiger partial charge in [-0.05, 0) is 19.1 Å². The van der Waals surface area contributed by atoms with Gasteiger partial charge in [0.25, 0.3) is 0 Å². The lowest BCUT2D eigenvalue weighted by Gasteiger charge is -2.08. The third kappa shape index (κ3) is 2.13. The Labute approximate surface area is 72.3 Å². The van der Waals surface area contributed by atoms with Gasteiger partial charge in [-0.3, -0.25) is 10.3 Å². The second kappa shape index (κ2) is 4.62. The first kappa shape index (κ1) is 8.87. The second-order valence-electron chi connectivity index (χ2n) is 2.24. The van der Waals surface area contributed by atoms with E-state index >= 15 is 0 Å². The average molecular weight is 167 g/mol. The van der Waals surface area contributed by atoms with Crippen LogP contribution >= 0.6 is 0 Å². The molecule has 0 amide bonds. The van der Waals surface area contributed by atoms with Gasteiger partial charge in [-0.25, -0.2) is 0 Å². The first-order valence-corrected chi connectivity index (χ1v) is 3.89. The summed E-state index contributed by atoms with van der Waals surface area (Å²) in [6.07, 6.45) is 0. The molecule has 0 aromatic heterocycles. The number of rotatable bonds is 4. The molecule has 0 aliphatic carbocycles. The highest BCUT2D eigenvalue weighted by molar-refractivity contribution is 5.54. The van der Waals surface area contributed by atoms with Gasteiger partial charge in [0.05, 0.1) is 13.7 Å². The highest BCUT2D eigenvalue weighted by Crippen LogP contribution is 2.22. The molecule has 66 valence electrons. The quantitative estimate of drug-likeness (QED) is 0.696. The normalized spacial score (nSPS) is 9.50. The number of methoxy groups -OCH3 is 1. The van der Waals surface area contributed by atoms with Crippen molar-refractivity contribution >= 4 is 5.69 Å². The minimum absolute atomic E-state index is 0.623. The highest BCUT2D eigenvalue weighted by atomic mass is 16.6. The topological polar surface area (TPSA) is 30.5 Å². The van der Waals surface area contributed by atoms with Crippen LogP contribution in [-0.4, -0.2) is 13.7 Å². The maximum absolute atomic E-state index is 5.10. The molecular weight excluding hydrogens is 154 g/mol. The summed E-state index contributed by atoms with van der Waals surface area (Å²) in [5, 5.41) is 0. The van der Waals surface area contributed by atoms with Crippen molar-refractivity contribution in [2.75, 3.05) is 19.2 Å². The van der Waals surface area contributed by atoms with Crippen molar-refractivity contribution in [3.05, 3.63) is 24.3 Å². The van der Waals surface area contributed by atoms with Crippen molar-refractivity contribution in [3.63, 3.8) is 0 Å². The number of anilines is 1. The Hall–Kier alpha value is -1.22. The molecule has 12 heavy (non-hydrogen) atoms. The largest absolute Gasteiger partial charge is 0.495 e. The molecule has 3 nitrogen and oxygen atoms in total. The molecule has 0 spiro atoms. The van der Waals surface area contributed by atoms with E-state index < -0.39 is 0 Å². The molecule has 0 saturated heterocycles. The smallest absolute Gasteiger partial charge is 0.144 e. The van der Waals surface area contributed by atoms with Crippen LogP contribution in [0.3, 0.4) is 0 Å². The molecule has 3 heteroatoms. The lowest BCUT2D eigenvalue weighted by molar-refractivity contribution is 0.209. The zero-order chi connectivity index (χ0) is 8.81. The number of nitrogens with one attached hydrogen (secondary N) is 1. The SMILES string of the molecule is CCONc1ccccc1OC. The average Bonchev–Trinajstić information content (AvgIpc) is 2.15. The number of hydrogen-bond donors (Lipinski definition) is 1. The number of ether oxygens (including phenoxy) is 1. The van der Waals surface area contributed by atoms with Crippen molar-refractivity contribution in [1.82, 2.24) is 0 Å². The van der Waals surface area contributed by atoms with Gasteiger partial charge in [0.15, 0.2) is 0 Å². The summed E-state index contributed by atoms with van der Waals surface area (Å²) < 4.78 is 5.10. The molecule has 0 atom stereocenters. The second-order valence-corrected chi connectivity index (χ2v) is 2.24. The van der Waals surface area contributed by atoms with Crippen LogP contribution < -0.4 is 10.2 Å². The molecule has 1 aromatic carbocycles. The monoisotopic (exact) mass is 167 g/mol. The summed E-state index contributed by atoms with van der Waals surface area (Å²) in [6.45, 7) is 2.54. The predicted octanol–water partition coefficient (Wildman–Crippen LogP) is 2.06. The molecule has 0 fully saturated rings. The van der Waals surface area contributed by atoms with Gasteiger partial charge in [-0.15, -0.1) is 0 Å². The Kier molecular flexibility index (Phi) is 3.41. The van der Waals surface area contributed by atoms with Gasteiger partial charge >= 0.3 is 0 Å². The van der Waals surface area contributed by atoms with Gasteiger partial charge in [-0.2, -0.15) is 0 Å². The van der Waals surface area contributed by atoms with E-state index in [0.717, 1.165) is 11.4 Å². The molecule has 0 unspecified atom stereocenters. The third-order valence-electron chi connectivity index (χ3n) is 1.43. The number of hydrogen-bond acceptors (Lipinski definition) is 3. The van der Waals surface area contributed by atoms with Gasteiger partial charge in [-0.1, -0.05) is 12.1 Å². The standard InChI is InChI=1S/C9H13NO2/c1-3-12-10-8-6-4-5-7-9(8)11-2/h4-7,10H,3H2,1-2H3. The van der Waals surface area contributed by atoms with Crippen LogP contribution in [0, 0.1) is 0 Å². The van der Waals surface area contributed by atoms with Gasteiger partial charge in [0.1, 0.15) is 11.4 Å². The maximum Gasteiger partial charge on any atom is 0.144 e. The number of para-hydroxylation sites is 2. The Bertz CT molecular complexity index is 238. The minimum Gasteiger partial charge on any atom is -0.495 e. The fraction of sp³-hybridized carbons (Fsp3) is 0.333. The molecule has 0 bridgehead atoms. The van der Waals surface area contributed by atoms with Crippen LogP contribution in [0.15, 0.2) is 24.3 Å². The summed E-state index contributed by atoms with van der Waals surface area (Å²) in [5.41, 5.74) is 3.64. The van der Waals surface area contributed by atoms with Gasteiger partial charge < -0.3 is 4.74 Å². The first-order valence-electron chi connectivity index (χ1n) is 3.89. The minimum atomic E-state index is 0.623. The van der Waals surface area contributed by atoms with E-state index in [9.17, 15) is 0 Å². The molecule has 0 heterocycles. The molecule has 0 aliphatic heterocycles. The van der Waals surface area contributed by atoms with Gasteiger partial charge in [0.2, 0.25) is 0 Å². The Morgan fingerprint density at radius 1 is 1.33 bits per heavy atom. The van der Waals surface area contributed by atoms with E-state index in [4.69, 9.17) is 9.57 Å². The zero-order valence-corrected chi connectivity index (χ0v) is 7.33. The summed E-state index contributed by atoms with van der Waals surface area (Å²) in [7, 11) is 1.63. The van der Waals surface area contributed by atoms with E-state index in [-0.39, 0.29) is 0 Å². The summed E-state index contributed by atoms with van der Waals surface area (Å²) in [5.74, 6) is 0.783. The summed E-state index contributed by atoms with van der Waals surface area (Å²) in [6, 6.07) is 7.61. The molecular formula is C9H13NO2. The van der Waals surface area contributed by atoms with E-state index in [1.807, 2.05) is 31.2 Å². The Morgan fingerprint density at radius 2 is 2.08 bits per heavy atom. The van der Waals surface area contributed by atoms with Crippen molar-refractivity contribution in [3.8, 4) is 5.75 Å². The summed E-state index contributed by atoms with van der Waals surface area (Å²) >= 11 is 0. The molecule has 0 aliphatic rings. The number of benzene rings is 1. The van der Waals surface area contributed by atoms with E-state index in [1.54, 1.807) is 7.11 Å². The maximum atomic E-state index is 5.10. The van der Waals surface area contributed by atoms with Crippen molar-refractivity contribution in [2.45, 2.75) is 6.92 Å². The molecule has 0 radical (unpaired) electrons.